The summed E-state index contributed by atoms with van der Waals surface area (Å²) < 4.78 is 0. The highest BCUT2D eigenvalue weighted by Crippen LogP contribution is 2.41. The number of hydrogen-bond donors (Lipinski definition) is 0. The summed E-state index contributed by atoms with van der Waals surface area (Å²) in [7, 11) is -2.18. The molecule has 1 aliphatic carbocycles. The summed E-state index contributed by atoms with van der Waals surface area (Å²) in [5, 5.41) is 6.22. The van der Waals surface area contributed by atoms with E-state index >= 15 is 0 Å². The average Bonchev–Trinajstić information content (AvgIpc) is 3.00. The topological polar surface area (TPSA) is 0 Å². The lowest BCUT2D eigenvalue weighted by molar-refractivity contribution is 1.40. The molecular formula is C25H18Si. The van der Waals surface area contributed by atoms with E-state index in [9.17, 15) is 0 Å². The molecule has 0 N–H and O–H groups in total. The maximum Gasteiger partial charge on any atom is 0.182 e. The Bertz CT molecular complexity index is 1110. The van der Waals surface area contributed by atoms with E-state index in [0.717, 1.165) is 6.42 Å². The van der Waals surface area contributed by atoms with Crippen molar-refractivity contribution in [3.05, 3.63) is 108 Å². The summed E-state index contributed by atoms with van der Waals surface area (Å²) in [5.74, 6) is 0. The number of rotatable bonds is 0. The van der Waals surface area contributed by atoms with Gasteiger partial charge >= 0.3 is 0 Å². The van der Waals surface area contributed by atoms with Crippen LogP contribution >= 0.6 is 0 Å². The summed E-state index contributed by atoms with van der Waals surface area (Å²) in [6, 6.07) is 27.3. The molecule has 6 rings (SSSR count). The minimum Gasteiger partial charge on any atom is -0.0808 e. The van der Waals surface area contributed by atoms with Gasteiger partial charge in [-0.3, -0.25) is 0 Å². The van der Waals surface area contributed by atoms with Gasteiger partial charge in [0.2, 0.25) is 0 Å². The van der Waals surface area contributed by atoms with Gasteiger partial charge in [0.05, 0.1) is 0 Å². The van der Waals surface area contributed by atoms with Gasteiger partial charge in [0.25, 0.3) is 0 Å². The fraction of sp³-hybridized carbons (Fsp3) is 0.0400. The van der Waals surface area contributed by atoms with Crippen molar-refractivity contribution < 1.29 is 0 Å². The Morgan fingerprint density at radius 2 is 1.04 bits per heavy atom. The first-order chi connectivity index (χ1) is 12.9. The van der Waals surface area contributed by atoms with Gasteiger partial charge in [-0.2, -0.15) is 0 Å². The van der Waals surface area contributed by atoms with E-state index in [2.05, 4.69) is 97.1 Å². The Morgan fingerprint density at radius 3 is 1.69 bits per heavy atom. The van der Waals surface area contributed by atoms with E-state index < -0.39 is 8.07 Å². The van der Waals surface area contributed by atoms with Crippen molar-refractivity contribution in [1.29, 1.82) is 0 Å². The lowest BCUT2D eigenvalue weighted by Crippen LogP contribution is -2.64. The molecule has 122 valence electrons. The molecule has 0 nitrogen and oxygen atoms in total. The van der Waals surface area contributed by atoms with Crippen LogP contribution in [-0.2, 0) is 0 Å². The maximum atomic E-state index is 2.43. The zero-order chi connectivity index (χ0) is 17.1. The van der Waals surface area contributed by atoms with Gasteiger partial charge in [-0.25, -0.2) is 0 Å². The van der Waals surface area contributed by atoms with E-state index in [-0.39, 0.29) is 0 Å². The normalized spacial score (nSPS) is 17.7. The van der Waals surface area contributed by atoms with Crippen LogP contribution in [0.4, 0.5) is 0 Å². The van der Waals surface area contributed by atoms with E-state index in [0.29, 0.717) is 0 Å². The highest BCUT2D eigenvalue weighted by atomic mass is 28.3. The Labute approximate surface area is 154 Å². The molecule has 0 bridgehead atoms. The Kier molecular flexibility index (Phi) is 2.78. The van der Waals surface area contributed by atoms with Crippen LogP contribution in [-0.4, -0.2) is 8.07 Å². The first kappa shape index (κ1) is 14.3. The van der Waals surface area contributed by atoms with Crippen LogP contribution in [0.1, 0.15) is 12.0 Å². The van der Waals surface area contributed by atoms with Gasteiger partial charge in [-0.15, -0.1) is 0 Å². The summed E-state index contributed by atoms with van der Waals surface area (Å²) in [4.78, 5) is 0. The number of hydrogen-bond acceptors (Lipinski definition) is 0. The molecule has 0 aromatic heterocycles. The standard InChI is InChI=1S/C25H18Si/c1-2-10-18-19-11-4-7-15-23(19)26(22(18)14-3-1)24-16-8-5-12-20(24)21-13-6-9-17-25(21)26/h2-17H,1H2. The Morgan fingerprint density at radius 1 is 0.538 bits per heavy atom. The number of benzene rings is 3. The second kappa shape index (κ2) is 5.06. The van der Waals surface area contributed by atoms with Crippen molar-refractivity contribution in [1.82, 2.24) is 0 Å². The quantitative estimate of drug-likeness (QED) is 0.541. The van der Waals surface area contributed by atoms with Gasteiger partial charge in [0.1, 0.15) is 0 Å². The smallest absolute Gasteiger partial charge is 0.0808 e. The minimum absolute atomic E-state index is 1.02. The molecule has 1 spiro atoms. The first-order valence-corrected chi connectivity index (χ1v) is 11.3. The minimum atomic E-state index is -2.18. The predicted octanol–water partition coefficient (Wildman–Crippen LogP) is 3.96. The molecular weight excluding hydrogens is 328 g/mol. The van der Waals surface area contributed by atoms with Crippen molar-refractivity contribution in [2.45, 2.75) is 6.42 Å². The van der Waals surface area contributed by atoms with Gasteiger partial charge in [-0.1, -0.05) is 97.1 Å². The van der Waals surface area contributed by atoms with E-state index in [1.54, 1.807) is 20.8 Å². The third-order valence-corrected chi connectivity index (χ3v) is 11.1. The van der Waals surface area contributed by atoms with E-state index in [4.69, 9.17) is 0 Å². The van der Waals surface area contributed by atoms with Crippen molar-refractivity contribution >= 4 is 29.2 Å². The van der Waals surface area contributed by atoms with E-state index in [1.165, 1.54) is 22.3 Å². The summed E-state index contributed by atoms with van der Waals surface area (Å²) in [6.45, 7) is 0. The SMILES string of the molecule is C1=CC2=C(C=CC1)[Si]1(c3ccccc32)c2ccccc2-c2ccccc21. The first-order valence-electron chi connectivity index (χ1n) is 9.29. The summed E-state index contributed by atoms with van der Waals surface area (Å²) in [5.41, 5.74) is 5.73. The summed E-state index contributed by atoms with van der Waals surface area (Å²) >= 11 is 0. The highest BCUT2D eigenvalue weighted by Gasteiger charge is 2.53. The lowest BCUT2D eigenvalue weighted by atomic mass is 10.1. The number of fused-ring (bicyclic) bond motifs is 9. The van der Waals surface area contributed by atoms with Crippen molar-refractivity contribution in [3.8, 4) is 11.1 Å². The molecule has 0 saturated heterocycles. The second-order valence-electron chi connectivity index (χ2n) is 7.25. The van der Waals surface area contributed by atoms with Crippen molar-refractivity contribution in [2.75, 3.05) is 0 Å². The molecule has 0 amide bonds. The fourth-order valence-electron chi connectivity index (χ4n) is 5.20. The third-order valence-electron chi connectivity index (χ3n) is 6.11. The Balaban J connectivity index is 1.85. The monoisotopic (exact) mass is 346 g/mol. The van der Waals surface area contributed by atoms with Gasteiger partial charge in [-0.05, 0) is 49.4 Å². The van der Waals surface area contributed by atoms with Crippen LogP contribution in [0.3, 0.4) is 0 Å². The van der Waals surface area contributed by atoms with Crippen molar-refractivity contribution in [3.63, 3.8) is 0 Å². The molecule has 26 heavy (non-hydrogen) atoms. The molecule has 0 saturated carbocycles. The lowest BCUT2D eigenvalue weighted by Gasteiger charge is -2.28. The van der Waals surface area contributed by atoms with Crippen LogP contribution in [0.25, 0.3) is 16.7 Å². The molecule has 3 aromatic rings. The molecule has 0 atom stereocenters. The second-order valence-corrected chi connectivity index (χ2v) is 10.9. The molecule has 0 unspecified atom stereocenters. The number of allylic oxidation sites excluding steroid dienone is 6. The molecule has 3 aromatic carbocycles. The molecule has 0 radical (unpaired) electrons. The van der Waals surface area contributed by atoms with E-state index in [1.807, 2.05) is 0 Å². The predicted molar refractivity (Wildman–Crippen MR) is 113 cm³/mol. The molecule has 2 aliphatic heterocycles. The van der Waals surface area contributed by atoms with Crippen LogP contribution in [0, 0.1) is 0 Å². The molecule has 0 fully saturated rings. The molecule has 2 heterocycles. The largest absolute Gasteiger partial charge is 0.182 e. The highest BCUT2D eigenvalue weighted by molar-refractivity contribution is 7.20. The maximum absolute atomic E-state index is 2.43. The Hall–Kier alpha value is -2.90. The molecule has 3 aliphatic rings. The van der Waals surface area contributed by atoms with Crippen LogP contribution in [0.5, 0.6) is 0 Å². The fourth-order valence-corrected chi connectivity index (χ4v) is 10.8. The third kappa shape index (κ3) is 1.55. The zero-order valence-electron chi connectivity index (χ0n) is 14.4. The van der Waals surface area contributed by atoms with Gasteiger partial charge in [0, 0.05) is 0 Å². The van der Waals surface area contributed by atoms with Gasteiger partial charge in [0.15, 0.2) is 8.07 Å². The average molecular weight is 347 g/mol. The van der Waals surface area contributed by atoms with Crippen molar-refractivity contribution in [2.24, 2.45) is 0 Å². The summed E-state index contributed by atoms with van der Waals surface area (Å²) in [6.07, 6.45) is 10.4. The molecule has 1 heteroatoms. The van der Waals surface area contributed by atoms with Crippen LogP contribution < -0.4 is 15.6 Å². The zero-order valence-corrected chi connectivity index (χ0v) is 15.4. The van der Waals surface area contributed by atoms with Crippen LogP contribution in [0.2, 0.25) is 0 Å². The van der Waals surface area contributed by atoms with Gasteiger partial charge < -0.3 is 0 Å². The van der Waals surface area contributed by atoms with Crippen LogP contribution in [0.15, 0.2) is 102 Å².